The van der Waals surface area contributed by atoms with Gasteiger partial charge in [0.2, 0.25) is 10.0 Å². The maximum atomic E-state index is 12.7. The number of anilines is 1. The first kappa shape index (κ1) is 17.1. The molecule has 1 unspecified atom stereocenters. The lowest BCUT2D eigenvalue weighted by molar-refractivity contribution is 0.149. The van der Waals surface area contributed by atoms with Gasteiger partial charge in [0.1, 0.15) is 0 Å². The molecular weight excluding hydrogens is 326 g/mol. The summed E-state index contributed by atoms with van der Waals surface area (Å²) in [5.74, 6) is 0. The van der Waals surface area contributed by atoms with E-state index in [0.29, 0.717) is 18.8 Å². The van der Waals surface area contributed by atoms with Crippen molar-refractivity contribution in [3.8, 4) is 0 Å². The van der Waals surface area contributed by atoms with Gasteiger partial charge in [0.05, 0.1) is 17.2 Å². The minimum atomic E-state index is -3.58. The molecule has 0 bridgehead atoms. The molecule has 7 nitrogen and oxygen atoms in total. The summed E-state index contributed by atoms with van der Waals surface area (Å²) in [6.07, 6.45) is 1.61. The average molecular weight is 345 g/mol. The largest absolute Gasteiger partial charge is 0.383 e. The lowest BCUT2D eigenvalue weighted by atomic mass is 10.2. The Bertz CT molecular complexity index is 633. The Kier molecular flexibility index (Phi) is 5.32. The standard InChI is InChI=1S/C13H19N3O4S2/c1-20-9-11-3-2-8-15(11)22(18,19)12-6-4-10(5-7-12)16(21)13(14)17/h4-7,11,21H,2-3,8-9H2,1H3,(H2,14,17). The number of urea groups is 1. The third-order valence-electron chi connectivity index (χ3n) is 3.58. The van der Waals surface area contributed by atoms with Crippen molar-refractivity contribution in [1.82, 2.24) is 4.31 Å². The molecule has 1 aliphatic rings. The number of ether oxygens (including phenoxy) is 1. The first-order valence-electron chi connectivity index (χ1n) is 6.77. The summed E-state index contributed by atoms with van der Waals surface area (Å²) in [5.41, 5.74) is 5.52. The van der Waals surface area contributed by atoms with Gasteiger partial charge in [-0.3, -0.25) is 0 Å². The summed E-state index contributed by atoms with van der Waals surface area (Å²) >= 11 is 3.93. The smallest absolute Gasteiger partial charge is 0.329 e. The summed E-state index contributed by atoms with van der Waals surface area (Å²) in [6, 6.07) is 5.00. The molecule has 1 atom stereocenters. The summed E-state index contributed by atoms with van der Waals surface area (Å²) in [4.78, 5) is 11.2. The van der Waals surface area contributed by atoms with Gasteiger partial charge in [0.25, 0.3) is 0 Å². The van der Waals surface area contributed by atoms with Crippen LogP contribution in [0.15, 0.2) is 29.2 Å². The van der Waals surface area contributed by atoms with Crippen molar-refractivity contribution in [3.63, 3.8) is 0 Å². The van der Waals surface area contributed by atoms with Crippen molar-refractivity contribution in [3.05, 3.63) is 24.3 Å². The van der Waals surface area contributed by atoms with E-state index in [9.17, 15) is 13.2 Å². The van der Waals surface area contributed by atoms with Gasteiger partial charge in [-0.2, -0.15) is 4.31 Å². The number of rotatable bonds is 5. The molecule has 9 heteroatoms. The van der Waals surface area contributed by atoms with Crippen LogP contribution in [0.4, 0.5) is 10.5 Å². The van der Waals surface area contributed by atoms with Gasteiger partial charge in [-0.25, -0.2) is 17.5 Å². The predicted octanol–water partition coefficient (Wildman–Crippen LogP) is 1.22. The van der Waals surface area contributed by atoms with E-state index in [-0.39, 0.29) is 10.9 Å². The van der Waals surface area contributed by atoms with Crippen LogP contribution in [0, 0.1) is 0 Å². The summed E-state index contributed by atoms with van der Waals surface area (Å²) in [7, 11) is -2.02. The number of amides is 2. The Labute approximate surface area is 135 Å². The molecule has 1 aliphatic heterocycles. The minimum Gasteiger partial charge on any atom is -0.383 e. The molecule has 0 saturated carbocycles. The highest BCUT2D eigenvalue weighted by atomic mass is 32.2. The predicted molar refractivity (Wildman–Crippen MR) is 86.3 cm³/mol. The van der Waals surface area contributed by atoms with Crippen molar-refractivity contribution in [2.45, 2.75) is 23.8 Å². The molecule has 122 valence electrons. The van der Waals surface area contributed by atoms with E-state index in [1.54, 1.807) is 7.11 Å². The monoisotopic (exact) mass is 345 g/mol. The number of carbonyl (C=O) groups is 1. The van der Waals surface area contributed by atoms with E-state index in [1.807, 2.05) is 0 Å². The SMILES string of the molecule is COCC1CCCN1S(=O)(=O)c1ccc(N(S)C(N)=O)cc1. The summed E-state index contributed by atoms with van der Waals surface area (Å²) in [6.45, 7) is 0.863. The number of thiol groups is 1. The van der Waals surface area contributed by atoms with Crippen molar-refractivity contribution in [2.24, 2.45) is 5.73 Å². The molecule has 0 radical (unpaired) electrons. The van der Waals surface area contributed by atoms with Crippen LogP contribution in [0.5, 0.6) is 0 Å². The van der Waals surface area contributed by atoms with Gasteiger partial charge in [0, 0.05) is 19.7 Å². The maximum Gasteiger partial charge on any atom is 0.329 e. The normalized spacial score (nSPS) is 19.3. The number of carbonyl (C=O) groups excluding carboxylic acids is 1. The molecule has 1 aromatic carbocycles. The molecule has 1 aromatic rings. The molecule has 2 N–H and O–H groups in total. The van der Waals surface area contributed by atoms with Crippen molar-refractivity contribution >= 4 is 34.6 Å². The molecule has 1 fully saturated rings. The molecule has 0 aromatic heterocycles. The Morgan fingerprint density at radius 3 is 2.64 bits per heavy atom. The van der Waals surface area contributed by atoms with Gasteiger partial charge in [-0.1, -0.05) is 12.8 Å². The Balaban J connectivity index is 2.24. The van der Waals surface area contributed by atoms with E-state index in [4.69, 9.17) is 10.5 Å². The van der Waals surface area contributed by atoms with Gasteiger partial charge in [0.15, 0.2) is 0 Å². The van der Waals surface area contributed by atoms with E-state index in [2.05, 4.69) is 12.8 Å². The van der Waals surface area contributed by atoms with Crippen molar-refractivity contribution < 1.29 is 17.9 Å². The summed E-state index contributed by atoms with van der Waals surface area (Å²) in [5, 5.41) is 0. The first-order valence-corrected chi connectivity index (χ1v) is 8.61. The van der Waals surface area contributed by atoms with Crippen LogP contribution in [0.2, 0.25) is 0 Å². The topological polar surface area (TPSA) is 92.9 Å². The lowest BCUT2D eigenvalue weighted by Crippen LogP contribution is -2.38. The number of sulfonamides is 1. The number of primary amides is 1. The first-order chi connectivity index (χ1) is 10.4. The minimum absolute atomic E-state index is 0.137. The van der Waals surface area contributed by atoms with Crippen LogP contribution in [0.1, 0.15) is 12.8 Å². The highest BCUT2D eigenvalue weighted by Gasteiger charge is 2.35. The molecular formula is C13H19N3O4S2. The molecule has 1 heterocycles. The second-order valence-electron chi connectivity index (χ2n) is 5.01. The molecule has 22 heavy (non-hydrogen) atoms. The van der Waals surface area contributed by atoms with Crippen LogP contribution >= 0.6 is 12.8 Å². The quantitative estimate of drug-likeness (QED) is 0.785. The second kappa shape index (κ2) is 6.86. The van der Waals surface area contributed by atoms with Gasteiger partial charge in [-0.15, -0.1) is 0 Å². The third kappa shape index (κ3) is 3.37. The fourth-order valence-electron chi connectivity index (χ4n) is 2.51. The molecule has 0 aliphatic carbocycles. The van der Waals surface area contributed by atoms with Crippen LogP contribution in [0.25, 0.3) is 0 Å². The molecule has 1 saturated heterocycles. The fourth-order valence-corrected chi connectivity index (χ4v) is 4.32. The number of hydrogen-bond donors (Lipinski definition) is 2. The highest BCUT2D eigenvalue weighted by molar-refractivity contribution is 7.89. The number of benzene rings is 1. The number of nitrogens with zero attached hydrogens (tertiary/aromatic N) is 2. The Morgan fingerprint density at radius 1 is 1.45 bits per heavy atom. The number of methoxy groups -OCH3 is 1. The van der Waals surface area contributed by atoms with Gasteiger partial charge >= 0.3 is 6.03 Å². The van der Waals surface area contributed by atoms with Crippen molar-refractivity contribution in [1.29, 1.82) is 0 Å². The number of hydrogen-bond acceptors (Lipinski definition) is 5. The van der Waals surface area contributed by atoms with Gasteiger partial charge in [-0.05, 0) is 37.1 Å². The van der Waals surface area contributed by atoms with E-state index >= 15 is 0 Å². The molecule has 2 amide bonds. The lowest BCUT2D eigenvalue weighted by Gasteiger charge is -2.23. The summed E-state index contributed by atoms with van der Waals surface area (Å²) < 4.78 is 32.9. The zero-order valence-electron chi connectivity index (χ0n) is 12.2. The highest BCUT2D eigenvalue weighted by Crippen LogP contribution is 2.27. The van der Waals surface area contributed by atoms with Crippen LogP contribution in [-0.4, -0.2) is 45.1 Å². The zero-order chi connectivity index (χ0) is 16.3. The van der Waals surface area contributed by atoms with E-state index in [0.717, 1.165) is 17.1 Å². The average Bonchev–Trinajstić information content (AvgIpc) is 2.96. The molecule has 0 spiro atoms. The van der Waals surface area contributed by atoms with Crippen LogP contribution < -0.4 is 10.0 Å². The molecule has 2 rings (SSSR count). The van der Waals surface area contributed by atoms with Crippen molar-refractivity contribution in [2.75, 3.05) is 24.6 Å². The van der Waals surface area contributed by atoms with E-state index in [1.165, 1.54) is 28.6 Å². The Hall–Kier alpha value is -1.29. The Morgan fingerprint density at radius 2 is 2.09 bits per heavy atom. The van der Waals surface area contributed by atoms with E-state index < -0.39 is 16.1 Å². The van der Waals surface area contributed by atoms with Crippen LogP contribution in [0.3, 0.4) is 0 Å². The fraction of sp³-hybridized carbons (Fsp3) is 0.462. The zero-order valence-corrected chi connectivity index (χ0v) is 13.9. The second-order valence-corrected chi connectivity index (χ2v) is 7.30. The number of nitrogens with two attached hydrogens (primary N) is 1. The third-order valence-corrected chi connectivity index (χ3v) is 5.97. The van der Waals surface area contributed by atoms with Gasteiger partial charge < -0.3 is 10.5 Å². The van der Waals surface area contributed by atoms with Crippen LogP contribution in [-0.2, 0) is 14.8 Å². The maximum absolute atomic E-state index is 12.7.